The SMILES string of the molecule is CCOC(=O)c1sc2ncnc(NCCNC(=O)c3ccccc3)c2c1C. The van der Waals surface area contributed by atoms with Crippen LogP contribution in [0.3, 0.4) is 0 Å². The molecule has 2 heterocycles. The molecule has 2 aromatic heterocycles. The Hall–Kier alpha value is -3.00. The summed E-state index contributed by atoms with van der Waals surface area (Å²) in [6.07, 6.45) is 1.46. The Morgan fingerprint density at radius 2 is 1.93 bits per heavy atom. The van der Waals surface area contributed by atoms with Gasteiger partial charge in [-0.2, -0.15) is 0 Å². The molecule has 0 unspecified atom stereocenters. The number of aryl methyl sites for hydroxylation is 1. The Balaban J connectivity index is 1.66. The first kappa shape index (κ1) is 18.8. The summed E-state index contributed by atoms with van der Waals surface area (Å²) in [4.78, 5) is 33.9. The molecule has 3 aromatic rings. The van der Waals surface area contributed by atoms with Crippen molar-refractivity contribution in [3.8, 4) is 0 Å². The molecule has 0 fully saturated rings. The van der Waals surface area contributed by atoms with E-state index >= 15 is 0 Å². The molecule has 0 spiro atoms. The van der Waals surface area contributed by atoms with E-state index in [0.29, 0.717) is 36.0 Å². The van der Waals surface area contributed by atoms with Crippen LogP contribution in [0.2, 0.25) is 0 Å². The lowest BCUT2D eigenvalue weighted by molar-refractivity contribution is 0.0531. The minimum absolute atomic E-state index is 0.124. The Bertz CT molecular complexity index is 956. The van der Waals surface area contributed by atoms with Gasteiger partial charge in [0.1, 0.15) is 21.9 Å². The van der Waals surface area contributed by atoms with Crippen molar-refractivity contribution in [2.45, 2.75) is 13.8 Å². The maximum atomic E-state index is 12.1. The van der Waals surface area contributed by atoms with Gasteiger partial charge in [-0.3, -0.25) is 4.79 Å². The molecule has 3 rings (SSSR count). The van der Waals surface area contributed by atoms with Gasteiger partial charge in [0.2, 0.25) is 0 Å². The number of aromatic nitrogens is 2. The lowest BCUT2D eigenvalue weighted by Gasteiger charge is -2.09. The van der Waals surface area contributed by atoms with Gasteiger partial charge in [0.05, 0.1) is 12.0 Å². The molecule has 1 aromatic carbocycles. The summed E-state index contributed by atoms with van der Waals surface area (Å²) in [7, 11) is 0. The number of anilines is 1. The average Bonchev–Trinajstić information content (AvgIpc) is 3.03. The first-order valence-electron chi connectivity index (χ1n) is 8.60. The van der Waals surface area contributed by atoms with Crippen LogP contribution in [-0.4, -0.2) is 41.5 Å². The standard InChI is InChI=1S/C19H20N4O3S/c1-3-26-19(25)15-12(2)14-16(22-11-23-18(14)27-15)20-9-10-21-17(24)13-7-5-4-6-8-13/h4-8,11H,3,9-10H2,1-2H3,(H,21,24)(H,20,22,23). The van der Waals surface area contributed by atoms with Crippen LogP contribution in [0.25, 0.3) is 10.2 Å². The predicted octanol–water partition coefficient (Wildman–Crippen LogP) is 3.02. The van der Waals surface area contributed by atoms with Crippen molar-refractivity contribution < 1.29 is 14.3 Å². The van der Waals surface area contributed by atoms with E-state index in [1.54, 1.807) is 19.1 Å². The lowest BCUT2D eigenvalue weighted by atomic mass is 10.2. The van der Waals surface area contributed by atoms with E-state index in [0.717, 1.165) is 15.8 Å². The summed E-state index contributed by atoms with van der Waals surface area (Å²) in [6.45, 7) is 4.89. The fourth-order valence-corrected chi connectivity index (χ4v) is 3.69. The van der Waals surface area contributed by atoms with Gasteiger partial charge in [-0.05, 0) is 31.5 Å². The van der Waals surface area contributed by atoms with Crippen LogP contribution in [0.4, 0.5) is 5.82 Å². The largest absolute Gasteiger partial charge is 0.462 e. The van der Waals surface area contributed by atoms with E-state index < -0.39 is 0 Å². The number of rotatable bonds is 7. The number of nitrogens with one attached hydrogen (secondary N) is 2. The summed E-state index contributed by atoms with van der Waals surface area (Å²) >= 11 is 1.29. The number of hydrogen-bond donors (Lipinski definition) is 2. The first-order chi connectivity index (χ1) is 13.1. The monoisotopic (exact) mass is 384 g/mol. The van der Waals surface area contributed by atoms with Crippen LogP contribution in [0, 0.1) is 6.92 Å². The second-order valence-corrected chi connectivity index (χ2v) is 6.73. The third-order valence-electron chi connectivity index (χ3n) is 3.93. The first-order valence-corrected chi connectivity index (χ1v) is 9.41. The van der Waals surface area contributed by atoms with Crippen LogP contribution < -0.4 is 10.6 Å². The maximum Gasteiger partial charge on any atom is 0.348 e. The highest BCUT2D eigenvalue weighted by Gasteiger charge is 2.20. The molecule has 0 saturated heterocycles. The highest BCUT2D eigenvalue weighted by molar-refractivity contribution is 7.20. The minimum atomic E-state index is -0.348. The Morgan fingerprint density at radius 3 is 2.67 bits per heavy atom. The molecule has 0 aliphatic carbocycles. The third-order valence-corrected chi connectivity index (χ3v) is 5.11. The summed E-state index contributed by atoms with van der Waals surface area (Å²) in [6, 6.07) is 9.05. The minimum Gasteiger partial charge on any atom is -0.462 e. The molecule has 7 nitrogen and oxygen atoms in total. The predicted molar refractivity (Wildman–Crippen MR) is 105 cm³/mol. The number of hydrogen-bond acceptors (Lipinski definition) is 7. The van der Waals surface area contributed by atoms with Crippen molar-refractivity contribution in [1.82, 2.24) is 15.3 Å². The van der Waals surface area contributed by atoms with Crippen molar-refractivity contribution in [3.05, 3.63) is 52.7 Å². The molecule has 8 heteroatoms. The van der Waals surface area contributed by atoms with Crippen LogP contribution in [-0.2, 0) is 4.74 Å². The van der Waals surface area contributed by atoms with Gasteiger partial charge in [-0.25, -0.2) is 14.8 Å². The Kier molecular flexibility index (Phi) is 5.97. The molecule has 0 radical (unpaired) electrons. The van der Waals surface area contributed by atoms with E-state index in [-0.39, 0.29) is 11.9 Å². The normalized spacial score (nSPS) is 10.6. The summed E-state index contributed by atoms with van der Waals surface area (Å²) in [5.41, 5.74) is 1.42. The van der Waals surface area contributed by atoms with E-state index in [4.69, 9.17) is 4.74 Å². The smallest absolute Gasteiger partial charge is 0.348 e. The Morgan fingerprint density at radius 1 is 1.15 bits per heavy atom. The zero-order valence-electron chi connectivity index (χ0n) is 15.1. The van der Waals surface area contributed by atoms with Gasteiger partial charge >= 0.3 is 5.97 Å². The number of carbonyl (C=O) groups excluding carboxylic acids is 2. The van der Waals surface area contributed by atoms with E-state index in [2.05, 4.69) is 20.6 Å². The number of carbonyl (C=O) groups is 2. The van der Waals surface area contributed by atoms with Gasteiger partial charge in [0, 0.05) is 18.7 Å². The summed E-state index contributed by atoms with van der Waals surface area (Å²) in [5.74, 6) is 0.166. The number of nitrogens with zero attached hydrogens (tertiary/aromatic N) is 2. The van der Waals surface area contributed by atoms with Crippen molar-refractivity contribution in [2.24, 2.45) is 0 Å². The zero-order chi connectivity index (χ0) is 19.2. The van der Waals surface area contributed by atoms with Crippen molar-refractivity contribution in [1.29, 1.82) is 0 Å². The number of thiophene rings is 1. The zero-order valence-corrected chi connectivity index (χ0v) is 15.9. The molecule has 0 atom stereocenters. The third kappa shape index (κ3) is 4.22. The van der Waals surface area contributed by atoms with Crippen molar-refractivity contribution in [2.75, 3.05) is 25.0 Å². The van der Waals surface area contributed by atoms with E-state index in [1.165, 1.54) is 17.7 Å². The quantitative estimate of drug-likeness (QED) is 0.480. The van der Waals surface area contributed by atoms with Gasteiger partial charge in [0.25, 0.3) is 5.91 Å². The van der Waals surface area contributed by atoms with Crippen LogP contribution >= 0.6 is 11.3 Å². The van der Waals surface area contributed by atoms with E-state index in [1.807, 2.05) is 25.1 Å². The number of amides is 1. The molecule has 0 aliphatic rings. The molecule has 140 valence electrons. The highest BCUT2D eigenvalue weighted by atomic mass is 32.1. The molecular weight excluding hydrogens is 364 g/mol. The molecule has 0 bridgehead atoms. The highest BCUT2D eigenvalue weighted by Crippen LogP contribution is 2.33. The second kappa shape index (κ2) is 8.59. The van der Waals surface area contributed by atoms with Crippen molar-refractivity contribution in [3.63, 3.8) is 0 Å². The topological polar surface area (TPSA) is 93.2 Å². The van der Waals surface area contributed by atoms with Crippen molar-refractivity contribution >= 4 is 39.2 Å². The number of fused-ring (bicyclic) bond motifs is 1. The molecule has 0 aliphatic heterocycles. The lowest BCUT2D eigenvalue weighted by Crippen LogP contribution is -2.28. The average molecular weight is 384 g/mol. The molecular formula is C19H20N4O3S. The Labute approximate surface area is 160 Å². The number of benzene rings is 1. The number of esters is 1. The summed E-state index contributed by atoms with van der Waals surface area (Å²) in [5, 5.41) is 6.87. The van der Waals surface area contributed by atoms with Crippen LogP contribution in [0.1, 0.15) is 32.5 Å². The van der Waals surface area contributed by atoms with Gasteiger partial charge in [0.15, 0.2) is 0 Å². The van der Waals surface area contributed by atoms with Gasteiger partial charge in [-0.1, -0.05) is 18.2 Å². The van der Waals surface area contributed by atoms with Crippen LogP contribution in [0.15, 0.2) is 36.7 Å². The summed E-state index contributed by atoms with van der Waals surface area (Å²) < 4.78 is 5.10. The molecule has 27 heavy (non-hydrogen) atoms. The number of ether oxygens (including phenoxy) is 1. The maximum absolute atomic E-state index is 12.1. The van der Waals surface area contributed by atoms with Gasteiger partial charge < -0.3 is 15.4 Å². The molecule has 1 amide bonds. The van der Waals surface area contributed by atoms with Crippen LogP contribution in [0.5, 0.6) is 0 Å². The molecule has 0 saturated carbocycles. The fourth-order valence-electron chi connectivity index (χ4n) is 2.65. The second-order valence-electron chi connectivity index (χ2n) is 5.73. The molecule has 2 N–H and O–H groups in total. The van der Waals surface area contributed by atoms with Gasteiger partial charge in [-0.15, -0.1) is 11.3 Å². The fraction of sp³-hybridized carbons (Fsp3) is 0.263. The van der Waals surface area contributed by atoms with E-state index in [9.17, 15) is 9.59 Å².